The van der Waals surface area contributed by atoms with Gasteiger partial charge in [-0.15, -0.1) is 4.40 Å². The van der Waals surface area contributed by atoms with Crippen LogP contribution in [0, 0.1) is 20.8 Å². The van der Waals surface area contributed by atoms with Crippen LogP contribution in [0.4, 0.5) is 0 Å². The molecule has 2 aliphatic heterocycles. The third kappa shape index (κ3) is 3.72. The number of rotatable bonds is 4. The molecule has 0 bridgehead atoms. The predicted octanol–water partition coefficient (Wildman–Crippen LogP) is 3.47. The Morgan fingerprint density at radius 1 is 1.16 bits per heavy atom. The van der Waals surface area contributed by atoms with Gasteiger partial charge in [0, 0.05) is 17.7 Å². The lowest BCUT2D eigenvalue weighted by molar-refractivity contribution is -0.149. The quantitative estimate of drug-likeness (QED) is 0.519. The molecular weight excluding hydrogens is 428 g/mol. The van der Waals surface area contributed by atoms with Crippen molar-refractivity contribution in [1.82, 2.24) is 4.90 Å². The van der Waals surface area contributed by atoms with Crippen molar-refractivity contribution in [2.24, 2.45) is 4.40 Å². The zero-order valence-electron chi connectivity index (χ0n) is 18.6. The van der Waals surface area contributed by atoms with E-state index in [-0.39, 0.29) is 17.3 Å². The van der Waals surface area contributed by atoms with E-state index >= 15 is 0 Å². The fourth-order valence-corrected chi connectivity index (χ4v) is 6.01. The number of aryl methyl sites for hydroxylation is 2. The van der Waals surface area contributed by atoms with Gasteiger partial charge in [0.15, 0.2) is 11.6 Å². The van der Waals surface area contributed by atoms with Crippen molar-refractivity contribution in [2.45, 2.75) is 58.1 Å². The van der Waals surface area contributed by atoms with Gasteiger partial charge in [0.05, 0.1) is 0 Å². The number of hydrogen-bond acceptors (Lipinski definition) is 6. The summed E-state index contributed by atoms with van der Waals surface area (Å²) >= 11 is 0. The highest BCUT2D eigenvalue weighted by Gasteiger charge is 2.40. The van der Waals surface area contributed by atoms with Gasteiger partial charge < -0.3 is 9.64 Å². The molecule has 2 aliphatic rings. The molecule has 8 heteroatoms. The topological polar surface area (TPSA) is 93.1 Å². The minimum atomic E-state index is -3.76. The van der Waals surface area contributed by atoms with Crippen LogP contribution >= 0.6 is 0 Å². The Morgan fingerprint density at radius 3 is 2.59 bits per heavy atom. The number of likely N-dealkylation sites (tertiary alicyclic amines) is 1. The molecule has 0 aliphatic carbocycles. The summed E-state index contributed by atoms with van der Waals surface area (Å²) in [5, 5.41) is 0. The van der Waals surface area contributed by atoms with Crippen LogP contribution in [-0.2, 0) is 26.2 Å². The van der Waals surface area contributed by atoms with Crippen LogP contribution < -0.4 is 0 Å². The Hall–Kier alpha value is -3.00. The number of amidine groups is 1. The molecule has 2 aromatic rings. The lowest BCUT2D eigenvalue weighted by Crippen LogP contribution is -2.41. The van der Waals surface area contributed by atoms with Gasteiger partial charge in [0.25, 0.3) is 10.0 Å². The monoisotopic (exact) mass is 454 g/mol. The number of carbonyl (C=O) groups is 2. The van der Waals surface area contributed by atoms with Gasteiger partial charge in [-0.25, -0.2) is 4.79 Å². The van der Waals surface area contributed by atoms with E-state index in [0.29, 0.717) is 29.9 Å². The third-order valence-corrected chi connectivity index (χ3v) is 7.58. The standard InChI is InChI=1S/C24H26N2O5S/c1-14-12-15(2)22(17(4)27)16(3)19(14)13-31-24(28)20-9-7-11-26(20)23-18-8-5-6-10-21(18)32(29,30)25-23/h5-6,8,10,12,20H,7,9,11,13H2,1-4H3/t20-/m0/s1. The molecule has 2 aromatic carbocycles. The molecule has 0 aromatic heterocycles. The van der Waals surface area contributed by atoms with Gasteiger partial charge >= 0.3 is 5.97 Å². The first kappa shape index (κ1) is 22.2. The molecule has 0 amide bonds. The van der Waals surface area contributed by atoms with Gasteiger partial charge in [0.1, 0.15) is 17.5 Å². The summed E-state index contributed by atoms with van der Waals surface area (Å²) in [4.78, 5) is 27.0. The van der Waals surface area contributed by atoms with Gasteiger partial charge in [-0.3, -0.25) is 4.79 Å². The Labute approximate surface area is 188 Å². The Morgan fingerprint density at radius 2 is 1.88 bits per heavy atom. The lowest BCUT2D eigenvalue weighted by atomic mass is 9.92. The van der Waals surface area contributed by atoms with Crippen molar-refractivity contribution in [3.63, 3.8) is 0 Å². The van der Waals surface area contributed by atoms with Crippen LogP contribution in [0.25, 0.3) is 0 Å². The first-order valence-electron chi connectivity index (χ1n) is 10.6. The van der Waals surface area contributed by atoms with Crippen molar-refractivity contribution in [1.29, 1.82) is 0 Å². The number of ketones is 1. The van der Waals surface area contributed by atoms with E-state index in [9.17, 15) is 18.0 Å². The number of nitrogens with zero attached hydrogens (tertiary/aromatic N) is 2. The molecule has 168 valence electrons. The molecule has 1 saturated heterocycles. The minimum Gasteiger partial charge on any atom is -0.459 e. The van der Waals surface area contributed by atoms with Crippen LogP contribution in [0.5, 0.6) is 0 Å². The number of benzene rings is 2. The summed E-state index contributed by atoms with van der Waals surface area (Å²) in [6.45, 7) is 7.82. The molecule has 0 saturated carbocycles. The van der Waals surface area contributed by atoms with Crippen molar-refractivity contribution in [3.05, 3.63) is 63.7 Å². The molecule has 2 heterocycles. The Balaban J connectivity index is 1.57. The number of Topliss-reactive ketones (excluding diaryl/α,β-unsaturated/α-hetero) is 1. The number of ether oxygens (including phenoxy) is 1. The predicted molar refractivity (Wildman–Crippen MR) is 120 cm³/mol. The van der Waals surface area contributed by atoms with E-state index in [1.165, 1.54) is 13.0 Å². The molecule has 4 rings (SSSR count). The van der Waals surface area contributed by atoms with Gasteiger partial charge in [-0.05, 0) is 74.9 Å². The molecule has 32 heavy (non-hydrogen) atoms. The Kier molecular flexibility index (Phi) is 5.67. The summed E-state index contributed by atoms with van der Waals surface area (Å²) in [6, 6.07) is 7.99. The molecule has 0 spiro atoms. The molecular formula is C24H26N2O5S. The summed E-state index contributed by atoms with van der Waals surface area (Å²) in [7, 11) is -3.76. The van der Waals surface area contributed by atoms with Crippen LogP contribution in [0.1, 0.15) is 57.9 Å². The molecule has 0 unspecified atom stereocenters. The third-order valence-electron chi connectivity index (χ3n) is 6.25. The van der Waals surface area contributed by atoms with Gasteiger partial charge in [-0.2, -0.15) is 8.42 Å². The zero-order chi connectivity index (χ0) is 23.2. The van der Waals surface area contributed by atoms with Crippen molar-refractivity contribution in [2.75, 3.05) is 6.54 Å². The maximum Gasteiger partial charge on any atom is 0.329 e. The number of sulfonamides is 1. The number of carbonyl (C=O) groups excluding carboxylic acids is 2. The highest BCUT2D eigenvalue weighted by Crippen LogP contribution is 2.32. The molecule has 1 fully saturated rings. The zero-order valence-corrected chi connectivity index (χ0v) is 19.5. The first-order valence-corrected chi connectivity index (χ1v) is 12.0. The Bertz CT molecular complexity index is 1260. The molecule has 0 radical (unpaired) electrons. The maximum absolute atomic E-state index is 13.0. The summed E-state index contributed by atoms with van der Waals surface area (Å²) in [5.74, 6) is -0.133. The molecule has 7 nitrogen and oxygen atoms in total. The molecule has 0 N–H and O–H groups in total. The van der Waals surface area contributed by atoms with Gasteiger partial charge in [0.2, 0.25) is 0 Å². The lowest BCUT2D eigenvalue weighted by Gasteiger charge is -2.25. The second-order valence-corrected chi connectivity index (χ2v) is 9.96. The normalized spacial score (nSPS) is 18.9. The van der Waals surface area contributed by atoms with Crippen LogP contribution in [-0.4, -0.2) is 43.5 Å². The SMILES string of the molecule is CC(=O)c1c(C)cc(C)c(COC(=O)[C@@H]2CCCN2C2=NS(=O)(=O)c3ccccc32)c1C. The van der Waals surface area contributed by atoms with Crippen molar-refractivity contribution in [3.8, 4) is 0 Å². The summed E-state index contributed by atoms with van der Waals surface area (Å²) in [5.41, 5.74) is 4.69. The van der Waals surface area contributed by atoms with Gasteiger partial charge in [-0.1, -0.05) is 18.2 Å². The number of hydrogen-bond donors (Lipinski definition) is 0. The van der Waals surface area contributed by atoms with E-state index in [1.54, 1.807) is 23.1 Å². The highest BCUT2D eigenvalue weighted by molar-refractivity contribution is 7.90. The van der Waals surface area contributed by atoms with E-state index in [4.69, 9.17) is 4.74 Å². The van der Waals surface area contributed by atoms with E-state index < -0.39 is 22.0 Å². The van der Waals surface area contributed by atoms with E-state index in [1.807, 2.05) is 26.8 Å². The molecule has 1 atom stereocenters. The summed E-state index contributed by atoms with van der Waals surface area (Å²) in [6.07, 6.45) is 1.29. The van der Waals surface area contributed by atoms with E-state index in [2.05, 4.69) is 4.40 Å². The second-order valence-electron chi connectivity index (χ2n) is 8.39. The van der Waals surface area contributed by atoms with E-state index in [0.717, 1.165) is 28.7 Å². The first-order chi connectivity index (χ1) is 15.1. The van der Waals surface area contributed by atoms with Crippen LogP contribution in [0.2, 0.25) is 0 Å². The van der Waals surface area contributed by atoms with Crippen LogP contribution in [0.15, 0.2) is 39.6 Å². The fraction of sp³-hybridized carbons (Fsp3) is 0.375. The average molecular weight is 455 g/mol. The smallest absolute Gasteiger partial charge is 0.329 e. The average Bonchev–Trinajstić information content (AvgIpc) is 3.30. The minimum absolute atomic E-state index is 0.0198. The van der Waals surface area contributed by atoms with Crippen molar-refractivity contribution >= 4 is 27.6 Å². The summed E-state index contributed by atoms with van der Waals surface area (Å²) < 4.78 is 34.5. The fourth-order valence-electron chi connectivity index (χ4n) is 4.79. The number of esters is 1. The highest BCUT2D eigenvalue weighted by atomic mass is 32.2. The second kappa shape index (κ2) is 8.16. The largest absolute Gasteiger partial charge is 0.459 e. The van der Waals surface area contributed by atoms with Crippen LogP contribution in [0.3, 0.4) is 0 Å². The number of fused-ring (bicyclic) bond motifs is 1. The maximum atomic E-state index is 13.0. The van der Waals surface area contributed by atoms with Crippen molar-refractivity contribution < 1.29 is 22.7 Å².